The van der Waals surface area contributed by atoms with E-state index in [1.54, 1.807) is 30.3 Å². The number of halogens is 1. The van der Waals surface area contributed by atoms with Crippen LogP contribution in [-0.2, 0) is 6.42 Å². The molecule has 30 heavy (non-hydrogen) atoms. The van der Waals surface area contributed by atoms with Crippen LogP contribution in [0.1, 0.15) is 59.5 Å². The molecule has 2 aromatic carbocycles. The summed E-state index contributed by atoms with van der Waals surface area (Å²) in [5, 5.41) is 1.81. The number of nitrogens with one attached hydrogen (secondary N) is 1. The molecule has 1 heterocycles. The fourth-order valence-corrected chi connectivity index (χ4v) is 3.70. The highest BCUT2D eigenvalue weighted by molar-refractivity contribution is 6.31. The molecule has 1 aliphatic rings. The summed E-state index contributed by atoms with van der Waals surface area (Å²) in [4.78, 5) is 26.5. The highest BCUT2D eigenvalue weighted by atomic mass is 35.5. The van der Waals surface area contributed by atoms with E-state index in [1.807, 2.05) is 34.6 Å². The van der Waals surface area contributed by atoms with Crippen molar-refractivity contribution in [1.82, 2.24) is 10.4 Å². The van der Waals surface area contributed by atoms with Crippen LogP contribution in [0.5, 0.6) is 11.5 Å². The second kappa shape index (κ2) is 8.56. The molecule has 0 saturated heterocycles. The Labute approximate surface area is 182 Å². The Hall–Kier alpha value is -2.73. The van der Waals surface area contributed by atoms with Crippen molar-refractivity contribution in [1.29, 1.82) is 0 Å². The lowest BCUT2D eigenvalue weighted by molar-refractivity contribution is 0.0358. The minimum Gasteiger partial charge on any atom is -0.486 e. The highest BCUT2D eigenvalue weighted by Gasteiger charge is 2.31. The summed E-state index contributed by atoms with van der Waals surface area (Å²) in [5.41, 5.74) is 4.62. The van der Waals surface area contributed by atoms with Crippen LogP contribution in [0.2, 0.25) is 5.02 Å². The number of ether oxygens (including phenoxy) is 2. The first kappa shape index (κ1) is 22.0. The Morgan fingerprint density at radius 2 is 1.83 bits per heavy atom. The quantitative estimate of drug-likeness (QED) is 0.724. The average molecular weight is 431 g/mol. The van der Waals surface area contributed by atoms with Crippen LogP contribution < -0.4 is 14.9 Å². The predicted octanol–water partition coefficient (Wildman–Crippen LogP) is 4.57. The first-order chi connectivity index (χ1) is 14.1. The van der Waals surface area contributed by atoms with E-state index in [9.17, 15) is 9.59 Å². The second-order valence-corrected chi connectivity index (χ2v) is 8.68. The van der Waals surface area contributed by atoms with Gasteiger partial charge in [0.2, 0.25) is 0 Å². The van der Waals surface area contributed by atoms with Crippen molar-refractivity contribution in [3.8, 4) is 11.5 Å². The van der Waals surface area contributed by atoms with E-state index >= 15 is 0 Å². The van der Waals surface area contributed by atoms with E-state index in [1.165, 1.54) is 5.01 Å². The molecule has 160 valence electrons. The number of nitrogens with zero attached hydrogens (tertiary/aromatic N) is 1. The van der Waals surface area contributed by atoms with Crippen LogP contribution in [0.15, 0.2) is 30.3 Å². The van der Waals surface area contributed by atoms with Crippen LogP contribution in [-0.4, -0.2) is 35.6 Å². The van der Waals surface area contributed by atoms with Crippen LogP contribution >= 0.6 is 11.6 Å². The normalized spacial score (nSPS) is 13.0. The van der Waals surface area contributed by atoms with Crippen molar-refractivity contribution in [2.75, 3.05) is 13.2 Å². The van der Waals surface area contributed by atoms with E-state index in [0.29, 0.717) is 47.3 Å². The summed E-state index contributed by atoms with van der Waals surface area (Å²) in [6.45, 7) is 10.3. The van der Waals surface area contributed by atoms with Crippen molar-refractivity contribution in [3.05, 3.63) is 57.6 Å². The van der Waals surface area contributed by atoms with Crippen molar-refractivity contribution in [3.63, 3.8) is 0 Å². The largest absolute Gasteiger partial charge is 0.486 e. The molecule has 0 radical (unpaired) electrons. The topological polar surface area (TPSA) is 67.9 Å². The Balaban J connectivity index is 1.94. The van der Waals surface area contributed by atoms with Gasteiger partial charge in [0.1, 0.15) is 13.2 Å². The first-order valence-electron chi connectivity index (χ1n) is 9.96. The lowest BCUT2D eigenvalue weighted by atomic mass is 10.0. The average Bonchev–Trinajstić information content (AvgIpc) is 2.68. The number of carbonyl (C=O) groups is 2. The third kappa shape index (κ3) is 4.54. The number of hydrogen-bond acceptors (Lipinski definition) is 4. The maximum Gasteiger partial charge on any atom is 0.272 e. The lowest BCUT2D eigenvalue weighted by Crippen LogP contribution is -2.56. The van der Waals surface area contributed by atoms with Crippen LogP contribution in [0.4, 0.5) is 0 Å². The van der Waals surface area contributed by atoms with Crippen molar-refractivity contribution in [2.45, 2.75) is 46.6 Å². The zero-order valence-electron chi connectivity index (χ0n) is 18.0. The van der Waals surface area contributed by atoms with E-state index in [-0.39, 0.29) is 11.8 Å². The SMILES string of the molecule is CCc1c(C(=O)NN(C(=O)c2cc(C)cc(Cl)c2)C(C)(C)C)ccc2c1OCCO2. The number of amides is 2. The van der Waals surface area contributed by atoms with Crippen molar-refractivity contribution >= 4 is 23.4 Å². The third-order valence-electron chi connectivity index (χ3n) is 4.79. The van der Waals surface area contributed by atoms with Gasteiger partial charge in [-0.1, -0.05) is 18.5 Å². The fraction of sp³-hybridized carbons (Fsp3) is 0.391. The summed E-state index contributed by atoms with van der Waals surface area (Å²) in [5.74, 6) is 0.506. The van der Waals surface area contributed by atoms with Crippen molar-refractivity contribution < 1.29 is 19.1 Å². The van der Waals surface area contributed by atoms with Gasteiger partial charge in [-0.3, -0.25) is 15.0 Å². The van der Waals surface area contributed by atoms with E-state index < -0.39 is 5.54 Å². The molecule has 3 rings (SSSR count). The van der Waals surface area contributed by atoms with Gasteiger partial charge >= 0.3 is 0 Å². The summed E-state index contributed by atoms with van der Waals surface area (Å²) in [6, 6.07) is 8.56. The van der Waals surface area contributed by atoms with Gasteiger partial charge in [-0.2, -0.15) is 0 Å². The fourth-order valence-electron chi connectivity index (χ4n) is 3.41. The molecular formula is C23H27ClN2O4. The number of hydrogen-bond donors (Lipinski definition) is 1. The number of carbonyl (C=O) groups excluding carboxylic acids is 2. The maximum atomic E-state index is 13.3. The Kier molecular flexibility index (Phi) is 6.27. The van der Waals surface area contributed by atoms with Crippen LogP contribution in [0.3, 0.4) is 0 Å². The molecule has 0 saturated carbocycles. The predicted molar refractivity (Wildman–Crippen MR) is 116 cm³/mol. The third-order valence-corrected chi connectivity index (χ3v) is 5.00. The Morgan fingerprint density at radius 3 is 2.47 bits per heavy atom. The highest BCUT2D eigenvalue weighted by Crippen LogP contribution is 2.36. The molecule has 0 fully saturated rings. The molecule has 0 aromatic heterocycles. The number of aryl methyl sites for hydroxylation is 1. The zero-order valence-corrected chi connectivity index (χ0v) is 18.7. The number of benzene rings is 2. The summed E-state index contributed by atoms with van der Waals surface area (Å²) >= 11 is 6.14. The molecule has 2 amide bonds. The van der Waals surface area contributed by atoms with Crippen LogP contribution in [0.25, 0.3) is 0 Å². The molecule has 0 atom stereocenters. The molecule has 6 nitrogen and oxygen atoms in total. The van der Waals surface area contributed by atoms with Gasteiger partial charge in [-0.25, -0.2) is 5.01 Å². The van der Waals surface area contributed by atoms with Gasteiger partial charge in [-0.05, 0) is 70.0 Å². The molecule has 0 bridgehead atoms. The van der Waals surface area contributed by atoms with Gasteiger partial charge in [-0.15, -0.1) is 0 Å². The standard InChI is InChI=1S/C23H27ClN2O4/c1-6-17-18(7-8-19-20(17)30-10-9-29-19)21(27)25-26(23(3,4)5)22(28)15-11-14(2)12-16(24)13-15/h7-8,11-13H,6,9-10H2,1-5H3,(H,25,27). The van der Waals surface area contributed by atoms with E-state index in [4.69, 9.17) is 21.1 Å². The van der Waals surface area contributed by atoms with Crippen LogP contribution in [0, 0.1) is 6.92 Å². The number of rotatable bonds is 3. The molecule has 1 N–H and O–H groups in total. The Morgan fingerprint density at radius 1 is 1.13 bits per heavy atom. The smallest absolute Gasteiger partial charge is 0.272 e. The number of fused-ring (bicyclic) bond motifs is 1. The van der Waals surface area contributed by atoms with Gasteiger partial charge in [0.25, 0.3) is 11.8 Å². The molecule has 0 spiro atoms. The van der Waals surface area contributed by atoms with E-state index in [0.717, 1.165) is 11.1 Å². The minimum atomic E-state index is -0.664. The summed E-state index contributed by atoms with van der Waals surface area (Å²) in [7, 11) is 0. The monoisotopic (exact) mass is 430 g/mol. The molecule has 2 aromatic rings. The molecule has 7 heteroatoms. The van der Waals surface area contributed by atoms with Gasteiger partial charge in [0.15, 0.2) is 11.5 Å². The molecular weight excluding hydrogens is 404 g/mol. The maximum absolute atomic E-state index is 13.3. The van der Waals surface area contributed by atoms with Gasteiger partial charge in [0.05, 0.1) is 5.54 Å². The molecule has 0 unspecified atom stereocenters. The Bertz CT molecular complexity index is 962. The second-order valence-electron chi connectivity index (χ2n) is 8.24. The molecule has 0 aliphatic carbocycles. The minimum absolute atomic E-state index is 0.336. The zero-order chi connectivity index (χ0) is 22.1. The summed E-state index contributed by atoms with van der Waals surface area (Å²) < 4.78 is 11.4. The summed E-state index contributed by atoms with van der Waals surface area (Å²) in [6.07, 6.45) is 0.590. The van der Waals surface area contributed by atoms with Crippen molar-refractivity contribution in [2.24, 2.45) is 0 Å². The van der Waals surface area contributed by atoms with Gasteiger partial charge < -0.3 is 9.47 Å². The van der Waals surface area contributed by atoms with E-state index in [2.05, 4.69) is 5.43 Å². The lowest BCUT2D eigenvalue weighted by Gasteiger charge is -2.36. The first-order valence-corrected chi connectivity index (χ1v) is 10.3. The number of hydrazine groups is 1. The van der Waals surface area contributed by atoms with Gasteiger partial charge in [0, 0.05) is 21.7 Å². The molecule has 1 aliphatic heterocycles.